The summed E-state index contributed by atoms with van der Waals surface area (Å²) in [4.78, 5) is 2.38. The van der Waals surface area contributed by atoms with Crippen molar-refractivity contribution in [2.45, 2.75) is 28.2 Å². The highest BCUT2D eigenvalue weighted by Crippen LogP contribution is 2.52. The van der Waals surface area contributed by atoms with E-state index in [9.17, 15) is 5.11 Å². The average molecular weight is 297 g/mol. The van der Waals surface area contributed by atoms with Crippen molar-refractivity contribution >= 4 is 11.8 Å². The van der Waals surface area contributed by atoms with Gasteiger partial charge in [-0.3, -0.25) is 0 Å². The van der Waals surface area contributed by atoms with Gasteiger partial charge >= 0.3 is 0 Å². The van der Waals surface area contributed by atoms with Crippen molar-refractivity contribution in [2.24, 2.45) is 5.92 Å². The lowest BCUT2D eigenvalue weighted by Gasteiger charge is -2.43. The van der Waals surface area contributed by atoms with Crippen molar-refractivity contribution in [1.29, 1.82) is 0 Å². The highest BCUT2D eigenvalue weighted by molar-refractivity contribution is 7.99. The molecule has 0 bridgehead atoms. The normalized spacial score (nSPS) is 20.6. The summed E-state index contributed by atoms with van der Waals surface area (Å²) in [6, 6.07) is 16.6. The van der Waals surface area contributed by atoms with E-state index in [0.717, 1.165) is 37.1 Å². The van der Waals surface area contributed by atoms with Crippen LogP contribution in [0, 0.1) is 5.92 Å². The molecule has 108 valence electrons. The van der Waals surface area contributed by atoms with Gasteiger partial charge in [0.25, 0.3) is 0 Å². The molecule has 1 fully saturated rings. The molecule has 2 N–H and O–H groups in total. The van der Waals surface area contributed by atoms with Crippen molar-refractivity contribution < 1.29 is 5.11 Å². The van der Waals surface area contributed by atoms with Crippen LogP contribution in [0.2, 0.25) is 0 Å². The summed E-state index contributed by atoms with van der Waals surface area (Å²) in [6.07, 6.45) is 2.04. The number of piperidine rings is 1. The van der Waals surface area contributed by atoms with Crippen LogP contribution in [0.1, 0.15) is 24.0 Å². The molecule has 0 spiro atoms. The summed E-state index contributed by atoms with van der Waals surface area (Å²) in [5, 5.41) is 15.2. The molecule has 21 heavy (non-hydrogen) atoms. The van der Waals surface area contributed by atoms with Crippen molar-refractivity contribution in [3.05, 3.63) is 59.7 Å². The number of nitrogens with one attached hydrogen (secondary N) is 1. The van der Waals surface area contributed by atoms with Gasteiger partial charge in [-0.25, -0.2) is 0 Å². The van der Waals surface area contributed by atoms with Crippen molar-refractivity contribution in [2.75, 3.05) is 13.1 Å². The summed E-state index contributed by atoms with van der Waals surface area (Å²) >= 11 is 1.77. The number of benzene rings is 2. The maximum atomic E-state index is 11.8. The molecular formula is C18H19NOS. The first kappa shape index (κ1) is 13.4. The topological polar surface area (TPSA) is 32.3 Å². The molecule has 2 nitrogen and oxygen atoms in total. The van der Waals surface area contributed by atoms with E-state index >= 15 is 0 Å². The van der Waals surface area contributed by atoms with Crippen LogP contribution in [0.15, 0.2) is 58.3 Å². The molecule has 1 saturated heterocycles. The van der Waals surface area contributed by atoms with Crippen molar-refractivity contribution in [3.63, 3.8) is 0 Å². The van der Waals surface area contributed by atoms with Gasteiger partial charge < -0.3 is 10.4 Å². The van der Waals surface area contributed by atoms with Gasteiger partial charge in [-0.05, 0) is 44.0 Å². The van der Waals surface area contributed by atoms with Gasteiger partial charge in [0.1, 0.15) is 5.60 Å². The predicted octanol–water partition coefficient (Wildman–Crippen LogP) is 3.39. The molecule has 3 heteroatoms. The fourth-order valence-electron chi connectivity index (χ4n) is 3.68. The van der Waals surface area contributed by atoms with Crippen molar-refractivity contribution in [1.82, 2.24) is 5.32 Å². The van der Waals surface area contributed by atoms with Crippen LogP contribution in [-0.4, -0.2) is 18.2 Å². The Kier molecular flexibility index (Phi) is 3.29. The van der Waals surface area contributed by atoms with Gasteiger partial charge in [0.15, 0.2) is 0 Å². The zero-order valence-electron chi connectivity index (χ0n) is 11.9. The van der Waals surface area contributed by atoms with Gasteiger partial charge in [-0.1, -0.05) is 48.2 Å². The van der Waals surface area contributed by atoms with E-state index in [1.54, 1.807) is 11.8 Å². The summed E-state index contributed by atoms with van der Waals surface area (Å²) in [5.74, 6) is 0.280. The Morgan fingerprint density at radius 1 is 0.905 bits per heavy atom. The van der Waals surface area contributed by atoms with Crippen LogP contribution in [0.25, 0.3) is 0 Å². The number of rotatable bonds is 1. The summed E-state index contributed by atoms with van der Waals surface area (Å²) < 4.78 is 0. The smallest absolute Gasteiger partial charge is 0.120 e. The fraction of sp³-hybridized carbons (Fsp3) is 0.333. The van der Waals surface area contributed by atoms with Gasteiger partial charge in [0, 0.05) is 20.9 Å². The zero-order valence-corrected chi connectivity index (χ0v) is 12.7. The minimum atomic E-state index is -0.847. The average Bonchev–Trinajstić information content (AvgIpc) is 2.56. The molecule has 0 aromatic heterocycles. The highest BCUT2D eigenvalue weighted by atomic mass is 32.2. The van der Waals surface area contributed by atoms with E-state index in [4.69, 9.17) is 0 Å². The third-order valence-corrected chi connectivity index (χ3v) is 5.90. The second-order valence-corrected chi connectivity index (χ2v) is 6.97. The summed E-state index contributed by atoms with van der Waals surface area (Å²) in [6.45, 7) is 1.98. The molecule has 2 aliphatic heterocycles. The molecule has 0 atom stereocenters. The SMILES string of the molecule is OC1(C2CCNCC2)c2ccccc2Sc2ccccc21. The van der Waals surface area contributed by atoms with Crippen LogP contribution in [-0.2, 0) is 5.60 Å². The number of hydrogen-bond acceptors (Lipinski definition) is 3. The lowest BCUT2D eigenvalue weighted by Crippen LogP contribution is -2.44. The van der Waals surface area contributed by atoms with Crippen LogP contribution < -0.4 is 5.32 Å². The number of aliphatic hydroxyl groups is 1. The molecule has 2 aromatic rings. The molecule has 0 radical (unpaired) electrons. The molecule has 0 aliphatic carbocycles. The van der Waals surface area contributed by atoms with Crippen molar-refractivity contribution in [3.8, 4) is 0 Å². The van der Waals surface area contributed by atoms with Crippen LogP contribution in [0.4, 0.5) is 0 Å². The molecule has 2 heterocycles. The Morgan fingerprint density at radius 2 is 1.43 bits per heavy atom. The molecule has 2 aromatic carbocycles. The molecule has 2 aliphatic rings. The van der Waals surface area contributed by atoms with E-state index in [-0.39, 0.29) is 5.92 Å². The molecular weight excluding hydrogens is 278 g/mol. The zero-order chi connectivity index (χ0) is 14.3. The monoisotopic (exact) mass is 297 g/mol. The van der Waals surface area contributed by atoms with Gasteiger partial charge in [0.2, 0.25) is 0 Å². The van der Waals surface area contributed by atoms with E-state index in [1.807, 2.05) is 12.1 Å². The van der Waals surface area contributed by atoms with Gasteiger partial charge in [-0.2, -0.15) is 0 Å². The minimum absolute atomic E-state index is 0.280. The lowest BCUT2D eigenvalue weighted by molar-refractivity contribution is -0.00315. The number of hydrogen-bond donors (Lipinski definition) is 2. The largest absolute Gasteiger partial charge is 0.380 e. The molecule has 0 unspecified atom stereocenters. The number of fused-ring (bicyclic) bond motifs is 2. The highest BCUT2D eigenvalue weighted by Gasteiger charge is 2.45. The molecule has 0 amide bonds. The summed E-state index contributed by atoms with van der Waals surface area (Å²) in [5.41, 5.74) is 1.32. The Hall–Kier alpha value is -1.29. The van der Waals surface area contributed by atoms with E-state index in [2.05, 4.69) is 41.7 Å². The first-order valence-corrected chi connectivity index (χ1v) is 8.42. The second-order valence-electron chi connectivity index (χ2n) is 5.89. The minimum Gasteiger partial charge on any atom is -0.380 e. The van der Waals surface area contributed by atoms with Crippen LogP contribution in [0.3, 0.4) is 0 Å². The Balaban J connectivity index is 1.92. The maximum Gasteiger partial charge on any atom is 0.120 e. The first-order chi connectivity index (χ1) is 10.3. The van der Waals surface area contributed by atoms with Crippen LogP contribution >= 0.6 is 11.8 Å². The van der Waals surface area contributed by atoms with Gasteiger partial charge in [-0.15, -0.1) is 0 Å². The third-order valence-electron chi connectivity index (χ3n) is 4.75. The van der Waals surface area contributed by atoms with E-state index in [0.29, 0.717) is 0 Å². The summed E-state index contributed by atoms with van der Waals surface area (Å²) in [7, 11) is 0. The Labute approximate surface area is 129 Å². The molecule has 4 rings (SSSR count). The fourth-order valence-corrected chi connectivity index (χ4v) is 4.88. The first-order valence-electron chi connectivity index (χ1n) is 7.60. The predicted molar refractivity (Wildman–Crippen MR) is 85.6 cm³/mol. The molecule has 0 saturated carbocycles. The quantitative estimate of drug-likeness (QED) is 0.846. The standard InChI is InChI=1S/C18H19NOS/c20-18(13-9-11-19-12-10-13)14-5-1-3-7-16(14)21-17-8-4-2-6-15(17)18/h1-8,13,19-20H,9-12H2. The van der Waals surface area contributed by atoms with E-state index < -0.39 is 5.60 Å². The van der Waals surface area contributed by atoms with Gasteiger partial charge in [0.05, 0.1) is 0 Å². The lowest BCUT2D eigenvalue weighted by atomic mass is 9.72. The van der Waals surface area contributed by atoms with E-state index in [1.165, 1.54) is 9.79 Å². The second kappa shape index (κ2) is 5.16. The maximum absolute atomic E-state index is 11.8. The Morgan fingerprint density at radius 3 is 2.00 bits per heavy atom. The third kappa shape index (κ3) is 2.03. The Bertz CT molecular complexity index is 618. The van der Waals surface area contributed by atoms with Crippen LogP contribution in [0.5, 0.6) is 0 Å².